The first-order valence-corrected chi connectivity index (χ1v) is 5.61. The number of rotatable bonds is 4. The molecule has 0 amide bonds. The fourth-order valence-corrected chi connectivity index (χ4v) is 1.41. The second kappa shape index (κ2) is 5.54. The number of benzene rings is 1. The Balaban J connectivity index is 2.50. The van der Waals surface area contributed by atoms with E-state index >= 15 is 0 Å². The van der Waals surface area contributed by atoms with E-state index in [1.165, 1.54) is 6.07 Å². The summed E-state index contributed by atoms with van der Waals surface area (Å²) in [7, 11) is 0. The van der Waals surface area contributed by atoms with Gasteiger partial charge in [0, 0.05) is 18.5 Å². The van der Waals surface area contributed by atoms with Gasteiger partial charge in [-0.3, -0.25) is 0 Å². The number of hydrogen-bond acceptors (Lipinski definition) is 1. The Bertz CT molecular complexity index is 371. The molecule has 0 aromatic heterocycles. The SMILES string of the molecule is CC(C)(C)NCC(F)Cc1ccc(F)c(F)c1. The third-order valence-corrected chi connectivity index (χ3v) is 2.30. The van der Waals surface area contributed by atoms with Gasteiger partial charge in [-0.2, -0.15) is 0 Å². The fraction of sp³-hybridized carbons (Fsp3) is 0.538. The lowest BCUT2D eigenvalue weighted by atomic mass is 10.1. The molecule has 1 N–H and O–H groups in total. The molecule has 4 heteroatoms. The van der Waals surface area contributed by atoms with Crippen LogP contribution in [0.15, 0.2) is 18.2 Å². The third kappa shape index (κ3) is 5.22. The minimum atomic E-state index is -1.11. The highest BCUT2D eigenvalue weighted by atomic mass is 19.2. The van der Waals surface area contributed by atoms with Gasteiger partial charge in [-0.25, -0.2) is 13.2 Å². The molecule has 0 saturated heterocycles. The van der Waals surface area contributed by atoms with Crippen molar-refractivity contribution in [2.75, 3.05) is 6.54 Å². The minimum Gasteiger partial charge on any atom is -0.309 e. The van der Waals surface area contributed by atoms with E-state index in [-0.39, 0.29) is 18.5 Å². The van der Waals surface area contributed by atoms with Gasteiger partial charge >= 0.3 is 0 Å². The molecule has 0 aliphatic heterocycles. The van der Waals surface area contributed by atoms with Crippen LogP contribution in [0.4, 0.5) is 13.2 Å². The molecule has 0 fully saturated rings. The summed E-state index contributed by atoms with van der Waals surface area (Å²) >= 11 is 0. The highest BCUT2D eigenvalue weighted by molar-refractivity contribution is 5.18. The molecule has 0 heterocycles. The predicted molar refractivity (Wildman–Crippen MR) is 62.7 cm³/mol. The second-order valence-corrected chi connectivity index (χ2v) is 5.18. The third-order valence-electron chi connectivity index (χ3n) is 2.30. The van der Waals surface area contributed by atoms with Crippen molar-refractivity contribution in [3.05, 3.63) is 35.4 Å². The summed E-state index contributed by atoms with van der Waals surface area (Å²) < 4.78 is 39.1. The van der Waals surface area contributed by atoms with Crippen LogP contribution in [0.5, 0.6) is 0 Å². The lowest BCUT2D eigenvalue weighted by Gasteiger charge is -2.22. The zero-order chi connectivity index (χ0) is 13.1. The van der Waals surface area contributed by atoms with Crippen molar-refractivity contribution in [1.29, 1.82) is 0 Å². The first-order chi connectivity index (χ1) is 7.78. The maximum absolute atomic E-state index is 13.6. The summed E-state index contributed by atoms with van der Waals surface area (Å²) in [4.78, 5) is 0. The predicted octanol–water partition coefficient (Wildman–Crippen LogP) is 3.23. The van der Waals surface area contributed by atoms with E-state index in [4.69, 9.17) is 0 Å². The summed E-state index contributed by atoms with van der Waals surface area (Å²) in [5.74, 6) is -1.84. The Morgan fingerprint density at radius 2 is 1.82 bits per heavy atom. The van der Waals surface area contributed by atoms with Crippen LogP contribution >= 0.6 is 0 Å². The molecular formula is C13H18F3N. The van der Waals surface area contributed by atoms with E-state index in [1.807, 2.05) is 20.8 Å². The summed E-state index contributed by atoms with van der Waals surface area (Å²) in [6.45, 7) is 6.02. The molecule has 96 valence electrons. The number of hydrogen-bond donors (Lipinski definition) is 1. The summed E-state index contributed by atoms with van der Waals surface area (Å²) in [6.07, 6.45) is -1.03. The first kappa shape index (κ1) is 14.0. The van der Waals surface area contributed by atoms with E-state index in [0.29, 0.717) is 5.56 Å². The number of nitrogens with one attached hydrogen (secondary N) is 1. The molecule has 1 aromatic carbocycles. The van der Waals surface area contributed by atoms with Crippen molar-refractivity contribution in [2.24, 2.45) is 0 Å². The van der Waals surface area contributed by atoms with Crippen LogP contribution in [0.2, 0.25) is 0 Å². The zero-order valence-electron chi connectivity index (χ0n) is 10.4. The van der Waals surface area contributed by atoms with Gasteiger partial charge in [0.15, 0.2) is 11.6 Å². The van der Waals surface area contributed by atoms with E-state index < -0.39 is 17.8 Å². The van der Waals surface area contributed by atoms with Crippen LogP contribution in [0, 0.1) is 11.6 Å². The van der Waals surface area contributed by atoms with Gasteiger partial charge in [0.1, 0.15) is 6.17 Å². The fourth-order valence-electron chi connectivity index (χ4n) is 1.41. The van der Waals surface area contributed by atoms with Gasteiger partial charge in [-0.05, 0) is 38.5 Å². The molecule has 0 radical (unpaired) electrons. The van der Waals surface area contributed by atoms with Gasteiger partial charge in [-0.1, -0.05) is 6.07 Å². The normalized spacial score (nSPS) is 13.8. The van der Waals surface area contributed by atoms with Crippen LogP contribution < -0.4 is 5.32 Å². The van der Waals surface area contributed by atoms with Gasteiger partial charge in [0.2, 0.25) is 0 Å². The molecule has 0 saturated carbocycles. The maximum Gasteiger partial charge on any atom is 0.159 e. The number of alkyl halides is 1. The highest BCUT2D eigenvalue weighted by Gasteiger charge is 2.14. The molecule has 1 aromatic rings. The van der Waals surface area contributed by atoms with E-state index in [1.54, 1.807) is 0 Å². The topological polar surface area (TPSA) is 12.0 Å². The average molecular weight is 245 g/mol. The molecule has 1 atom stereocenters. The van der Waals surface area contributed by atoms with Crippen molar-refractivity contribution in [2.45, 2.75) is 38.9 Å². The standard InChI is InChI=1S/C13H18F3N/c1-13(2,3)17-8-10(14)6-9-4-5-11(15)12(16)7-9/h4-5,7,10,17H,6,8H2,1-3H3. The second-order valence-electron chi connectivity index (χ2n) is 5.18. The summed E-state index contributed by atoms with van der Waals surface area (Å²) in [6, 6.07) is 3.47. The Labute approximate surface area is 100 Å². The minimum absolute atomic E-state index is 0.0836. The van der Waals surface area contributed by atoms with Crippen molar-refractivity contribution >= 4 is 0 Å². The van der Waals surface area contributed by atoms with Crippen molar-refractivity contribution in [1.82, 2.24) is 5.32 Å². The molecule has 0 aliphatic rings. The molecule has 0 bridgehead atoms. The quantitative estimate of drug-likeness (QED) is 0.858. The Hall–Kier alpha value is -1.03. The van der Waals surface area contributed by atoms with Gasteiger partial charge in [-0.15, -0.1) is 0 Å². The Morgan fingerprint density at radius 3 is 2.35 bits per heavy atom. The molecule has 0 spiro atoms. The van der Waals surface area contributed by atoms with Crippen molar-refractivity contribution in [3.63, 3.8) is 0 Å². The van der Waals surface area contributed by atoms with Crippen LogP contribution in [0.3, 0.4) is 0 Å². The zero-order valence-corrected chi connectivity index (χ0v) is 10.4. The smallest absolute Gasteiger partial charge is 0.159 e. The van der Waals surface area contributed by atoms with E-state index in [2.05, 4.69) is 5.32 Å². The maximum atomic E-state index is 13.6. The molecule has 17 heavy (non-hydrogen) atoms. The van der Waals surface area contributed by atoms with Crippen LogP contribution in [0.25, 0.3) is 0 Å². The van der Waals surface area contributed by atoms with Gasteiger partial charge in [0.05, 0.1) is 0 Å². The largest absolute Gasteiger partial charge is 0.309 e. The van der Waals surface area contributed by atoms with Crippen LogP contribution in [-0.2, 0) is 6.42 Å². The molecule has 1 rings (SSSR count). The van der Waals surface area contributed by atoms with Crippen molar-refractivity contribution in [3.8, 4) is 0 Å². The summed E-state index contributed by atoms with van der Waals surface area (Å²) in [5.41, 5.74) is 0.311. The van der Waals surface area contributed by atoms with Gasteiger partial charge < -0.3 is 5.32 Å². The van der Waals surface area contributed by atoms with Crippen molar-refractivity contribution < 1.29 is 13.2 Å². The number of halogens is 3. The Morgan fingerprint density at radius 1 is 1.18 bits per heavy atom. The van der Waals surface area contributed by atoms with Crippen LogP contribution in [0.1, 0.15) is 26.3 Å². The molecule has 1 unspecified atom stereocenters. The molecule has 1 nitrogen and oxygen atoms in total. The summed E-state index contributed by atoms with van der Waals surface area (Å²) in [5, 5.41) is 3.03. The first-order valence-electron chi connectivity index (χ1n) is 5.61. The lowest BCUT2D eigenvalue weighted by molar-refractivity contribution is 0.284. The van der Waals surface area contributed by atoms with Gasteiger partial charge in [0.25, 0.3) is 0 Å². The lowest BCUT2D eigenvalue weighted by Crippen LogP contribution is -2.40. The monoisotopic (exact) mass is 245 g/mol. The molecule has 0 aliphatic carbocycles. The highest BCUT2D eigenvalue weighted by Crippen LogP contribution is 2.12. The van der Waals surface area contributed by atoms with E-state index in [0.717, 1.165) is 12.1 Å². The Kier molecular flexibility index (Phi) is 4.57. The van der Waals surface area contributed by atoms with Crippen LogP contribution in [-0.4, -0.2) is 18.3 Å². The average Bonchev–Trinajstić information content (AvgIpc) is 2.20. The van der Waals surface area contributed by atoms with E-state index in [9.17, 15) is 13.2 Å². The molecular weight excluding hydrogens is 227 g/mol.